The number of carbonyl (C=O) groups is 1. The standard InChI is InChI=1S/C16H15F3N4O3/c1-9-8-15(25,16(17,18)19)23(22-9)14(24)13-7-12(20-21-13)10-3-5-11(26-2)6-4-10/h3-7,25H,8H2,1-2H3,(H,20,21)/t15-/m1/s1. The Morgan fingerprint density at radius 1 is 1.35 bits per heavy atom. The van der Waals surface area contributed by atoms with Gasteiger partial charge in [0.05, 0.1) is 12.8 Å². The molecule has 0 saturated heterocycles. The number of nitrogens with zero attached hydrogens (tertiary/aromatic N) is 3. The zero-order valence-corrected chi connectivity index (χ0v) is 13.8. The molecule has 10 heteroatoms. The Morgan fingerprint density at radius 2 is 2.00 bits per heavy atom. The monoisotopic (exact) mass is 368 g/mol. The first-order chi connectivity index (χ1) is 12.2. The molecule has 26 heavy (non-hydrogen) atoms. The van der Waals surface area contributed by atoms with Crippen LogP contribution in [0.4, 0.5) is 13.2 Å². The molecule has 0 bridgehead atoms. The van der Waals surface area contributed by atoms with Crippen LogP contribution in [0, 0.1) is 0 Å². The van der Waals surface area contributed by atoms with Gasteiger partial charge in [0.25, 0.3) is 11.6 Å². The highest BCUT2D eigenvalue weighted by Gasteiger charge is 2.62. The second kappa shape index (κ2) is 6.13. The highest BCUT2D eigenvalue weighted by molar-refractivity contribution is 5.97. The molecular formula is C16H15F3N4O3. The number of halogens is 3. The normalized spacial score (nSPS) is 20.2. The summed E-state index contributed by atoms with van der Waals surface area (Å²) in [4.78, 5) is 12.5. The summed E-state index contributed by atoms with van der Waals surface area (Å²) < 4.78 is 44.7. The average Bonchev–Trinajstić information content (AvgIpc) is 3.19. The fourth-order valence-corrected chi connectivity index (χ4v) is 2.61. The number of aromatic nitrogens is 2. The Labute approximate surface area is 146 Å². The molecule has 1 aliphatic heterocycles. The van der Waals surface area contributed by atoms with Gasteiger partial charge in [-0.05, 0) is 37.3 Å². The molecule has 3 rings (SSSR count). The van der Waals surface area contributed by atoms with Gasteiger partial charge in [-0.15, -0.1) is 0 Å². The van der Waals surface area contributed by atoms with Gasteiger partial charge in [0.15, 0.2) is 0 Å². The van der Waals surface area contributed by atoms with E-state index in [1.54, 1.807) is 24.3 Å². The van der Waals surface area contributed by atoms with Crippen molar-refractivity contribution < 1.29 is 27.8 Å². The number of aromatic amines is 1. The Kier molecular flexibility index (Phi) is 4.23. The third-order valence-corrected chi connectivity index (χ3v) is 3.96. The molecule has 0 spiro atoms. The molecular weight excluding hydrogens is 353 g/mol. The van der Waals surface area contributed by atoms with E-state index in [9.17, 15) is 23.1 Å². The van der Waals surface area contributed by atoms with Crippen LogP contribution >= 0.6 is 0 Å². The second-order valence-corrected chi connectivity index (χ2v) is 5.84. The molecule has 1 aromatic carbocycles. The summed E-state index contributed by atoms with van der Waals surface area (Å²) in [5, 5.41) is 19.9. The van der Waals surface area contributed by atoms with Gasteiger partial charge in [0, 0.05) is 17.7 Å². The topological polar surface area (TPSA) is 90.8 Å². The van der Waals surface area contributed by atoms with Crippen LogP contribution in [-0.4, -0.2) is 50.9 Å². The molecule has 1 atom stereocenters. The van der Waals surface area contributed by atoms with Gasteiger partial charge in [-0.1, -0.05) is 0 Å². The van der Waals surface area contributed by atoms with Crippen LogP contribution < -0.4 is 4.74 Å². The van der Waals surface area contributed by atoms with Gasteiger partial charge in [0.2, 0.25) is 0 Å². The summed E-state index contributed by atoms with van der Waals surface area (Å²) in [5.74, 6) is -0.508. The van der Waals surface area contributed by atoms with Crippen LogP contribution in [0.5, 0.6) is 5.75 Å². The summed E-state index contributed by atoms with van der Waals surface area (Å²) >= 11 is 0. The van der Waals surface area contributed by atoms with Gasteiger partial charge >= 0.3 is 6.18 Å². The smallest absolute Gasteiger partial charge is 0.438 e. The van der Waals surface area contributed by atoms with E-state index < -0.39 is 24.2 Å². The van der Waals surface area contributed by atoms with E-state index in [4.69, 9.17) is 4.74 Å². The predicted octanol–water partition coefficient (Wildman–Crippen LogP) is 2.56. The van der Waals surface area contributed by atoms with Gasteiger partial charge in [-0.2, -0.15) is 28.4 Å². The van der Waals surface area contributed by atoms with Gasteiger partial charge in [0.1, 0.15) is 11.4 Å². The van der Waals surface area contributed by atoms with Crippen LogP contribution in [0.1, 0.15) is 23.8 Å². The molecule has 1 amide bonds. The van der Waals surface area contributed by atoms with Crippen molar-refractivity contribution in [3.05, 3.63) is 36.0 Å². The number of alkyl halides is 3. The maximum atomic E-state index is 13.2. The lowest BCUT2D eigenvalue weighted by molar-refractivity contribution is -0.297. The van der Waals surface area contributed by atoms with E-state index in [1.165, 1.54) is 20.1 Å². The van der Waals surface area contributed by atoms with Gasteiger partial charge in [-0.3, -0.25) is 9.89 Å². The number of hydrogen-bond donors (Lipinski definition) is 2. The average molecular weight is 368 g/mol. The van der Waals surface area contributed by atoms with Crippen LogP contribution in [0.25, 0.3) is 11.3 Å². The van der Waals surface area contributed by atoms with E-state index in [0.717, 1.165) is 0 Å². The first-order valence-electron chi connectivity index (χ1n) is 7.53. The largest absolute Gasteiger partial charge is 0.497 e. The summed E-state index contributed by atoms with van der Waals surface area (Å²) in [7, 11) is 1.51. The zero-order chi connectivity index (χ0) is 19.1. The summed E-state index contributed by atoms with van der Waals surface area (Å²) in [5.41, 5.74) is -2.62. The number of rotatable bonds is 3. The molecule has 2 N–H and O–H groups in total. The number of ether oxygens (including phenoxy) is 1. The Bertz CT molecular complexity index is 860. The Balaban J connectivity index is 1.89. The van der Waals surface area contributed by atoms with Crippen LogP contribution in [-0.2, 0) is 0 Å². The lowest BCUT2D eigenvalue weighted by Crippen LogP contribution is -2.56. The van der Waals surface area contributed by atoms with Crippen LogP contribution in [0.2, 0.25) is 0 Å². The summed E-state index contributed by atoms with van der Waals surface area (Å²) in [6, 6.07) is 8.04. The number of aliphatic hydroxyl groups is 1. The molecule has 0 aliphatic carbocycles. The van der Waals surface area contributed by atoms with Crippen molar-refractivity contribution in [3.63, 3.8) is 0 Å². The van der Waals surface area contributed by atoms with E-state index in [1.807, 2.05) is 0 Å². The first kappa shape index (κ1) is 17.9. The quantitative estimate of drug-likeness (QED) is 0.871. The summed E-state index contributed by atoms with van der Waals surface area (Å²) in [6.07, 6.45) is -5.86. The second-order valence-electron chi connectivity index (χ2n) is 5.84. The molecule has 1 aliphatic rings. The van der Waals surface area contributed by atoms with E-state index in [0.29, 0.717) is 17.0 Å². The number of hydrogen-bond acceptors (Lipinski definition) is 5. The minimum Gasteiger partial charge on any atom is -0.497 e. The van der Waals surface area contributed by atoms with Crippen LogP contribution in [0.3, 0.4) is 0 Å². The van der Waals surface area contributed by atoms with Gasteiger partial charge < -0.3 is 9.84 Å². The number of amides is 1. The third-order valence-electron chi connectivity index (χ3n) is 3.96. The number of H-pyrrole nitrogens is 1. The fourth-order valence-electron chi connectivity index (χ4n) is 2.61. The van der Waals surface area contributed by atoms with Crippen molar-refractivity contribution in [1.29, 1.82) is 0 Å². The SMILES string of the molecule is COc1ccc(-c2cc(C(=O)N3N=C(C)C[C@@]3(O)C(F)(F)F)[nH]n2)cc1. The molecule has 0 saturated carbocycles. The Morgan fingerprint density at radius 3 is 2.58 bits per heavy atom. The van der Waals surface area contributed by atoms with Crippen molar-refractivity contribution in [2.24, 2.45) is 5.10 Å². The predicted molar refractivity (Wildman–Crippen MR) is 85.5 cm³/mol. The van der Waals surface area contributed by atoms with Crippen molar-refractivity contribution in [2.45, 2.75) is 25.2 Å². The highest BCUT2D eigenvalue weighted by atomic mass is 19.4. The maximum Gasteiger partial charge on any atom is 0.438 e. The van der Waals surface area contributed by atoms with E-state index in [-0.39, 0.29) is 16.4 Å². The molecule has 7 nitrogen and oxygen atoms in total. The van der Waals surface area contributed by atoms with Crippen molar-refractivity contribution >= 4 is 11.6 Å². The van der Waals surface area contributed by atoms with Gasteiger partial charge in [-0.25, -0.2) is 0 Å². The molecule has 2 heterocycles. The summed E-state index contributed by atoms with van der Waals surface area (Å²) in [6.45, 7) is 1.31. The minimum absolute atomic E-state index is 0.00642. The number of methoxy groups -OCH3 is 1. The van der Waals surface area contributed by atoms with E-state index >= 15 is 0 Å². The lowest BCUT2D eigenvalue weighted by Gasteiger charge is -2.32. The lowest BCUT2D eigenvalue weighted by atomic mass is 10.1. The Hall–Kier alpha value is -2.88. The fraction of sp³-hybridized carbons (Fsp3) is 0.312. The molecule has 138 valence electrons. The number of carbonyl (C=O) groups excluding carboxylic acids is 1. The van der Waals surface area contributed by atoms with Crippen molar-refractivity contribution in [3.8, 4) is 17.0 Å². The molecule has 2 aromatic rings. The zero-order valence-electron chi connectivity index (χ0n) is 13.8. The number of hydrazone groups is 1. The molecule has 0 radical (unpaired) electrons. The van der Waals surface area contributed by atoms with Crippen molar-refractivity contribution in [1.82, 2.24) is 15.2 Å². The van der Waals surface area contributed by atoms with E-state index in [2.05, 4.69) is 15.3 Å². The maximum absolute atomic E-state index is 13.2. The highest BCUT2D eigenvalue weighted by Crippen LogP contribution is 2.40. The number of nitrogens with one attached hydrogen (secondary N) is 1. The van der Waals surface area contributed by atoms with Crippen LogP contribution in [0.15, 0.2) is 35.4 Å². The molecule has 0 fully saturated rings. The third kappa shape index (κ3) is 2.92. The molecule has 0 unspecified atom stereocenters. The number of benzene rings is 1. The van der Waals surface area contributed by atoms with Crippen molar-refractivity contribution in [2.75, 3.05) is 7.11 Å². The first-order valence-corrected chi connectivity index (χ1v) is 7.53. The minimum atomic E-state index is -5.05. The molecule has 1 aromatic heterocycles.